The Balaban J connectivity index is 2.80. The minimum atomic E-state index is -0.539. The molecule has 0 saturated carbocycles. The summed E-state index contributed by atoms with van der Waals surface area (Å²) in [5.41, 5.74) is 9.71. The number of aryl methyl sites for hydroxylation is 1. The first-order valence-electron chi connectivity index (χ1n) is 5.47. The van der Waals surface area contributed by atoms with Crippen LogP contribution in [-0.4, -0.2) is 11.7 Å². The fraction of sp³-hybridized carbons (Fsp3) is 0.417. The van der Waals surface area contributed by atoms with Gasteiger partial charge in [-0.15, -0.1) is 0 Å². The maximum atomic E-state index is 11.6. The van der Waals surface area contributed by atoms with Gasteiger partial charge in [-0.25, -0.2) is 4.79 Å². The van der Waals surface area contributed by atoms with Gasteiger partial charge in [0.05, 0.1) is 0 Å². The lowest BCUT2D eigenvalue weighted by Crippen LogP contribution is -2.27. The van der Waals surface area contributed by atoms with Crippen LogP contribution >= 0.6 is 0 Å². The van der Waals surface area contributed by atoms with Gasteiger partial charge in [0, 0.05) is 16.3 Å². The zero-order chi connectivity index (χ0) is 13.8. The molecular formula is C12H16N4O2. The number of carbonyl (C=O) groups is 1. The number of nitrogens with zero attached hydrogens (tertiary/aromatic N) is 3. The molecule has 0 aliphatic rings. The van der Waals surface area contributed by atoms with Crippen LogP contribution < -0.4 is 5.32 Å². The lowest BCUT2D eigenvalue weighted by molar-refractivity contribution is 0.0636. The van der Waals surface area contributed by atoms with Crippen molar-refractivity contribution in [2.45, 2.75) is 33.3 Å². The molecule has 0 bridgehead atoms. The number of anilines is 1. The highest BCUT2D eigenvalue weighted by Crippen LogP contribution is 2.22. The molecule has 18 heavy (non-hydrogen) atoms. The third-order valence-corrected chi connectivity index (χ3v) is 2.01. The number of hydrogen-bond donors (Lipinski definition) is 1. The van der Waals surface area contributed by atoms with Crippen molar-refractivity contribution in [2.24, 2.45) is 5.11 Å². The van der Waals surface area contributed by atoms with E-state index in [1.807, 2.05) is 6.92 Å². The molecule has 6 nitrogen and oxygen atoms in total. The summed E-state index contributed by atoms with van der Waals surface area (Å²) in [7, 11) is 0. The van der Waals surface area contributed by atoms with Gasteiger partial charge in [-0.3, -0.25) is 5.32 Å². The largest absolute Gasteiger partial charge is 0.444 e. The van der Waals surface area contributed by atoms with E-state index in [2.05, 4.69) is 15.3 Å². The fourth-order valence-electron chi connectivity index (χ4n) is 1.32. The third-order valence-electron chi connectivity index (χ3n) is 2.01. The molecule has 1 aromatic rings. The van der Waals surface area contributed by atoms with Crippen molar-refractivity contribution in [3.05, 3.63) is 34.2 Å². The summed E-state index contributed by atoms with van der Waals surface area (Å²) in [6, 6.07) is 4.98. The number of ether oxygens (including phenoxy) is 1. The van der Waals surface area contributed by atoms with E-state index < -0.39 is 11.7 Å². The fourth-order valence-corrected chi connectivity index (χ4v) is 1.32. The maximum absolute atomic E-state index is 11.6. The van der Waals surface area contributed by atoms with Crippen LogP contribution in [0.5, 0.6) is 0 Å². The minimum absolute atomic E-state index is 0.504. The number of hydrogen-bond acceptors (Lipinski definition) is 3. The molecule has 1 N–H and O–H groups in total. The van der Waals surface area contributed by atoms with Gasteiger partial charge in [-0.05, 0) is 50.9 Å². The topological polar surface area (TPSA) is 87.1 Å². The second kappa shape index (κ2) is 5.42. The van der Waals surface area contributed by atoms with Gasteiger partial charge < -0.3 is 4.74 Å². The molecule has 0 unspecified atom stereocenters. The van der Waals surface area contributed by atoms with Crippen LogP contribution in [0.2, 0.25) is 0 Å². The number of nitrogens with one attached hydrogen (secondary N) is 1. The summed E-state index contributed by atoms with van der Waals surface area (Å²) in [5, 5.41) is 6.12. The van der Waals surface area contributed by atoms with E-state index in [0.29, 0.717) is 11.4 Å². The van der Waals surface area contributed by atoms with E-state index in [1.54, 1.807) is 39.0 Å². The van der Waals surface area contributed by atoms with E-state index in [-0.39, 0.29) is 0 Å². The average Bonchev–Trinajstić information content (AvgIpc) is 2.20. The second-order valence-corrected chi connectivity index (χ2v) is 4.82. The number of amides is 1. The lowest BCUT2D eigenvalue weighted by Gasteiger charge is -2.20. The Kier molecular flexibility index (Phi) is 4.18. The Morgan fingerprint density at radius 2 is 2.11 bits per heavy atom. The van der Waals surface area contributed by atoms with E-state index in [4.69, 9.17) is 10.3 Å². The van der Waals surface area contributed by atoms with Crippen LogP contribution in [0.3, 0.4) is 0 Å². The Morgan fingerprint density at radius 1 is 1.44 bits per heavy atom. The molecule has 1 rings (SSSR count). The molecule has 0 fully saturated rings. The predicted octanol–water partition coefficient (Wildman–Crippen LogP) is 4.28. The Bertz CT molecular complexity index is 499. The number of rotatable bonds is 2. The van der Waals surface area contributed by atoms with Crippen LogP contribution in [0.25, 0.3) is 10.4 Å². The van der Waals surface area contributed by atoms with Crippen molar-refractivity contribution in [2.75, 3.05) is 5.32 Å². The van der Waals surface area contributed by atoms with Crippen molar-refractivity contribution in [1.29, 1.82) is 0 Å². The summed E-state index contributed by atoms with van der Waals surface area (Å²) in [6.07, 6.45) is -0.512. The van der Waals surface area contributed by atoms with Gasteiger partial charge in [0.25, 0.3) is 0 Å². The summed E-state index contributed by atoms with van der Waals surface area (Å²) < 4.78 is 5.14. The van der Waals surface area contributed by atoms with Gasteiger partial charge in [-0.2, -0.15) is 0 Å². The number of benzene rings is 1. The highest BCUT2D eigenvalue weighted by Gasteiger charge is 2.16. The molecule has 0 heterocycles. The van der Waals surface area contributed by atoms with Gasteiger partial charge in [0.1, 0.15) is 5.60 Å². The van der Waals surface area contributed by atoms with Crippen LogP contribution in [0.15, 0.2) is 23.3 Å². The summed E-state index contributed by atoms with van der Waals surface area (Å²) in [6.45, 7) is 7.20. The number of carbonyl (C=O) groups excluding carboxylic acids is 1. The normalized spacial score (nSPS) is 10.4. The molecule has 0 saturated heterocycles. The summed E-state index contributed by atoms with van der Waals surface area (Å²) >= 11 is 0. The first-order chi connectivity index (χ1) is 8.31. The Labute approximate surface area is 106 Å². The van der Waals surface area contributed by atoms with Crippen molar-refractivity contribution >= 4 is 17.5 Å². The molecule has 0 aromatic heterocycles. The van der Waals surface area contributed by atoms with Crippen molar-refractivity contribution in [1.82, 2.24) is 0 Å². The molecule has 6 heteroatoms. The molecule has 0 radical (unpaired) electrons. The second-order valence-electron chi connectivity index (χ2n) is 4.82. The predicted molar refractivity (Wildman–Crippen MR) is 69.8 cm³/mol. The SMILES string of the molecule is Cc1cc(N=[N+]=[N-])ccc1NC(=O)OC(C)(C)C. The monoisotopic (exact) mass is 248 g/mol. The van der Waals surface area contributed by atoms with Crippen LogP contribution in [0, 0.1) is 6.92 Å². The molecule has 0 spiro atoms. The summed E-state index contributed by atoms with van der Waals surface area (Å²) in [5.74, 6) is 0. The smallest absolute Gasteiger partial charge is 0.412 e. The Morgan fingerprint density at radius 3 is 2.61 bits per heavy atom. The van der Waals surface area contributed by atoms with Crippen molar-refractivity contribution in [3.63, 3.8) is 0 Å². The van der Waals surface area contributed by atoms with E-state index in [0.717, 1.165) is 5.56 Å². The zero-order valence-electron chi connectivity index (χ0n) is 10.9. The van der Waals surface area contributed by atoms with Gasteiger partial charge in [0.15, 0.2) is 0 Å². The van der Waals surface area contributed by atoms with Gasteiger partial charge in [-0.1, -0.05) is 11.2 Å². The van der Waals surface area contributed by atoms with Crippen molar-refractivity contribution in [3.8, 4) is 0 Å². The number of azide groups is 1. The van der Waals surface area contributed by atoms with Crippen LogP contribution in [0.1, 0.15) is 26.3 Å². The third kappa shape index (κ3) is 4.35. The highest BCUT2D eigenvalue weighted by molar-refractivity contribution is 5.86. The van der Waals surface area contributed by atoms with Crippen LogP contribution in [0.4, 0.5) is 16.2 Å². The van der Waals surface area contributed by atoms with E-state index in [9.17, 15) is 4.79 Å². The van der Waals surface area contributed by atoms with Gasteiger partial charge >= 0.3 is 6.09 Å². The van der Waals surface area contributed by atoms with E-state index in [1.165, 1.54) is 0 Å². The molecule has 0 aliphatic heterocycles. The van der Waals surface area contributed by atoms with Crippen molar-refractivity contribution < 1.29 is 9.53 Å². The molecule has 1 amide bonds. The molecule has 0 atom stereocenters. The maximum Gasteiger partial charge on any atom is 0.412 e. The molecule has 0 aliphatic carbocycles. The quantitative estimate of drug-likeness (QED) is 0.481. The lowest BCUT2D eigenvalue weighted by atomic mass is 10.2. The minimum Gasteiger partial charge on any atom is -0.444 e. The van der Waals surface area contributed by atoms with E-state index >= 15 is 0 Å². The average molecular weight is 248 g/mol. The molecule has 1 aromatic carbocycles. The highest BCUT2D eigenvalue weighted by atomic mass is 16.6. The Hall–Kier alpha value is -2.20. The summed E-state index contributed by atoms with van der Waals surface area (Å²) in [4.78, 5) is 14.3. The standard InChI is InChI=1S/C12H16N4O2/c1-8-7-9(15-16-13)5-6-10(8)14-11(17)18-12(2,3)4/h5-7H,1-4H3,(H,14,17). The molecule has 96 valence electrons. The first kappa shape index (κ1) is 13.9. The first-order valence-corrected chi connectivity index (χ1v) is 5.47. The van der Waals surface area contributed by atoms with Crippen LogP contribution in [-0.2, 0) is 4.74 Å². The van der Waals surface area contributed by atoms with Gasteiger partial charge in [0.2, 0.25) is 0 Å². The zero-order valence-corrected chi connectivity index (χ0v) is 10.9. The molecular weight excluding hydrogens is 232 g/mol.